The normalized spacial score (nSPS) is 23.4. The van der Waals surface area contributed by atoms with Gasteiger partial charge in [0, 0.05) is 44.3 Å². The highest BCUT2D eigenvalue weighted by Crippen LogP contribution is 2.42. The van der Waals surface area contributed by atoms with Crippen LogP contribution in [0.2, 0.25) is 5.02 Å². The summed E-state index contributed by atoms with van der Waals surface area (Å²) >= 11 is 6.48. The van der Waals surface area contributed by atoms with E-state index in [-0.39, 0.29) is 11.6 Å². The van der Waals surface area contributed by atoms with Crippen molar-refractivity contribution in [2.75, 3.05) is 36.9 Å². The summed E-state index contributed by atoms with van der Waals surface area (Å²) in [6.45, 7) is 6.13. The smallest absolute Gasteiger partial charge is 0.349 e. The standard InChI is InChI=1S/C18H23ClFN5O/c1-9-7-25-11(8-23(9)3)5-6-21-15-12-16(14(20)10(2)13(15)19)24(4)18(26)22-17(12)25/h9,11,21H,5-8H2,1-4H3. The van der Waals surface area contributed by atoms with Gasteiger partial charge >= 0.3 is 5.69 Å². The van der Waals surface area contributed by atoms with Crippen molar-refractivity contribution in [2.24, 2.45) is 7.05 Å². The van der Waals surface area contributed by atoms with Gasteiger partial charge in [-0.1, -0.05) is 11.6 Å². The van der Waals surface area contributed by atoms with Crippen molar-refractivity contribution in [3.8, 4) is 0 Å². The molecule has 2 aliphatic heterocycles. The maximum Gasteiger partial charge on any atom is 0.349 e. The number of likely N-dealkylation sites (N-methyl/N-ethyl adjacent to an activating group) is 1. The Labute approximate surface area is 156 Å². The second-order valence-corrected chi connectivity index (χ2v) is 7.82. The molecule has 0 saturated carbocycles. The molecule has 2 atom stereocenters. The largest absolute Gasteiger partial charge is 0.383 e. The summed E-state index contributed by atoms with van der Waals surface area (Å²) in [6.07, 6.45) is 0.891. The van der Waals surface area contributed by atoms with Crippen molar-refractivity contribution in [1.29, 1.82) is 0 Å². The molecule has 0 radical (unpaired) electrons. The Kier molecular flexibility index (Phi) is 4.11. The van der Waals surface area contributed by atoms with Gasteiger partial charge in [-0.05, 0) is 27.3 Å². The summed E-state index contributed by atoms with van der Waals surface area (Å²) in [6, 6.07) is 0.525. The Hall–Kier alpha value is -1.86. The highest BCUT2D eigenvalue weighted by molar-refractivity contribution is 6.36. The Morgan fingerprint density at radius 1 is 1.31 bits per heavy atom. The summed E-state index contributed by atoms with van der Waals surface area (Å²) in [5, 5.41) is 4.33. The molecule has 1 aromatic carbocycles. The fourth-order valence-corrected chi connectivity index (χ4v) is 4.32. The number of piperazine rings is 1. The average molecular weight is 380 g/mol. The molecule has 0 bridgehead atoms. The molecule has 140 valence electrons. The van der Waals surface area contributed by atoms with Crippen LogP contribution >= 0.6 is 11.6 Å². The Balaban J connectivity index is 2.09. The van der Waals surface area contributed by atoms with Crippen molar-refractivity contribution in [1.82, 2.24) is 14.5 Å². The van der Waals surface area contributed by atoms with Gasteiger partial charge in [0.15, 0.2) is 5.82 Å². The van der Waals surface area contributed by atoms with E-state index < -0.39 is 11.5 Å². The quantitative estimate of drug-likeness (QED) is 0.761. The first-order valence-electron chi connectivity index (χ1n) is 8.90. The summed E-state index contributed by atoms with van der Waals surface area (Å²) in [4.78, 5) is 21.3. The molecule has 26 heavy (non-hydrogen) atoms. The maximum absolute atomic E-state index is 15.1. The van der Waals surface area contributed by atoms with Crippen LogP contribution < -0.4 is 15.9 Å². The number of halogens is 2. The lowest BCUT2D eigenvalue weighted by atomic mass is 10.0. The third-order valence-corrected chi connectivity index (χ3v) is 6.30. The molecule has 0 spiro atoms. The SMILES string of the molecule is Cc1c(Cl)c2c3c(nc(=O)n(C)c3c1F)N1CC(C)N(C)CC1CCN2. The average Bonchev–Trinajstić information content (AvgIpc) is 2.59. The predicted octanol–water partition coefficient (Wildman–Crippen LogP) is 2.36. The van der Waals surface area contributed by atoms with Gasteiger partial charge in [0.1, 0.15) is 5.82 Å². The van der Waals surface area contributed by atoms with E-state index in [4.69, 9.17) is 11.6 Å². The van der Waals surface area contributed by atoms with E-state index in [1.165, 1.54) is 4.57 Å². The highest BCUT2D eigenvalue weighted by atomic mass is 35.5. The van der Waals surface area contributed by atoms with Crippen LogP contribution in [0, 0.1) is 12.7 Å². The number of hydrogen-bond donors (Lipinski definition) is 1. The summed E-state index contributed by atoms with van der Waals surface area (Å²) in [7, 11) is 3.66. The van der Waals surface area contributed by atoms with Crippen molar-refractivity contribution < 1.29 is 4.39 Å². The molecule has 1 N–H and O–H groups in total. The third kappa shape index (κ3) is 2.41. The minimum atomic E-state index is -0.460. The zero-order chi connectivity index (χ0) is 18.7. The van der Waals surface area contributed by atoms with E-state index in [0.717, 1.165) is 26.1 Å². The fourth-order valence-electron chi connectivity index (χ4n) is 4.08. The topological polar surface area (TPSA) is 53.4 Å². The van der Waals surface area contributed by atoms with Gasteiger partial charge in [-0.15, -0.1) is 0 Å². The molecule has 0 aliphatic carbocycles. The van der Waals surface area contributed by atoms with E-state index in [2.05, 4.69) is 34.1 Å². The summed E-state index contributed by atoms with van der Waals surface area (Å²) in [5.41, 5.74) is 0.822. The molecule has 3 heterocycles. The van der Waals surface area contributed by atoms with Crippen LogP contribution in [0.5, 0.6) is 0 Å². The third-order valence-electron chi connectivity index (χ3n) is 5.82. The second kappa shape index (κ2) is 6.09. The van der Waals surface area contributed by atoms with E-state index in [9.17, 15) is 4.79 Å². The molecule has 1 saturated heterocycles. The molecule has 2 aliphatic rings. The van der Waals surface area contributed by atoms with E-state index >= 15 is 4.39 Å². The Morgan fingerprint density at radius 2 is 2.04 bits per heavy atom. The number of fused-ring (bicyclic) bond motifs is 2. The molecule has 0 amide bonds. The lowest BCUT2D eigenvalue weighted by molar-refractivity contribution is 0.196. The van der Waals surface area contributed by atoms with Crippen molar-refractivity contribution >= 4 is 34.0 Å². The number of nitrogens with one attached hydrogen (secondary N) is 1. The molecule has 4 rings (SSSR count). The number of nitrogens with zero attached hydrogens (tertiary/aromatic N) is 4. The number of anilines is 2. The number of aromatic nitrogens is 2. The minimum absolute atomic E-state index is 0.211. The highest BCUT2D eigenvalue weighted by Gasteiger charge is 2.35. The second-order valence-electron chi connectivity index (χ2n) is 7.44. The van der Waals surface area contributed by atoms with Crippen LogP contribution in [-0.2, 0) is 7.05 Å². The van der Waals surface area contributed by atoms with Crippen LogP contribution in [0.3, 0.4) is 0 Å². The van der Waals surface area contributed by atoms with Crippen LogP contribution in [-0.4, -0.2) is 53.2 Å². The number of hydrogen-bond acceptors (Lipinski definition) is 5. The van der Waals surface area contributed by atoms with E-state index in [1.807, 2.05) is 0 Å². The Morgan fingerprint density at radius 3 is 2.77 bits per heavy atom. The first-order valence-corrected chi connectivity index (χ1v) is 9.28. The number of benzene rings is 1. The molecule has 8 heteroatoms. The zero-order valence-corrected chi connectivity index (χ0v) is 16.2. The van der Waals surface area contributed by atoms with Crippen LogP contribution in [0.4, 0.5) is 15.9 Å². The van der Waals surface area contributed by atoms with Crippen LogP contribution in [0.1, 0.15) is 18.9 Å². The van der Waals surface area contributed by atoms with E-state index in [1.54, 1.807) is 14.0 Å². The van der Waals surface area contributed by atoms with Gasteiger partial charge in [-0.2, -0.15) is 4.98 Å². The fraction of sp³-hybridized carbons (Fsp3) is 0.556. The monoisotopic (exact) mass is 379 g/mol. The molecule has 1 fully saturated rings. The lowest BCUT2D eigenvalue weighted by Gasteiger charge is -2.45. The predicted molar refractivity (Wildman–Crippen MR) is 103 cm³/mol. The van der Waals surface area contributed by atoms with Crippen molar-refractivity contribution in [2.45, 2.75) is 32.4 Å². The molecule has 6 nitrogen and oxygen atoms in total. The summed E-state index contributed by atoms with van der Waals surface area (Å²) in [5.74, 6) is 0.0779. The number of rotatable bonds is 0. The number of aryl methyl sites for hydroxylation is 1. The van der Waals surface area contributed by atoms with Crippen LogP contribution in [0.25, 0.3) is 10.9 Å². The van der Waals surface area contributed by atoms with Gasteiger partial charge in [0.25, 0.3) is 0 Å². The van der Waals surface area contributed by atoms with Crippen LogP contribution in [0.15, 0.2) is 4.79 Å². The zero-order valence-electron chi connectivity index (χ0n) is 15.4. The maximum atomic E-state index is 15.1. The van der Waals surface area contributed by atoms with Crippen molar-refractivity contribution in [3.05, 3.63) is 26.9 Å². The summed E-state index contributed by atoms with van der Waals surface area (Å²) < 4.78 is 16.4. The van der Waals surface area contributed by atoms with Gasteiger partial charge in [-0.3, -0.25) is 9.47 Å². The van der Waals surface area contributed by atoms with Gasteiger partial charge in [-0.25, -0.2) is 9.18 Å². The molecular weight excluding hydrogens is 357 g/mol. The molecule has 2 unspecified atom stereocenters. The van der Waals surface area contributed by atoms with Gasteiger partial charge < -0.3 is 10.2 Å². The lowest BCUT2D eigenvalue weighted by Crippen LogP contribution is -2.57. The molecule has 1 aromatic heterocycles. The van der Waals surface area contributed by atoms with Crippen molar-refractivity contribution in [3.63, 3.8) is 0 Å². The van der Waals surface area contributed by atoms with Gasteiger partial charge in [0.05, 0.1) is 21.6 Å². The first kappa shape index (κ1) is 17.5. The first-order chi connectivity index (χ1) is 12.3. The molecule has 2 aromatic rings. The van der Waals surface area contributed by atoms with Gasteiger partial charge in [0.2, 0.25) is 0 Å². The minimum Gasteiger partial charge on any atom is -0.383 e. The van der Waals surface area contributed by atoms with E-state index in [0.29, 0.717) is 33.5 Å². The molecular formula is C18H23ClFN5O. The Bertz CT molecular complexity index is 959.